The lowest BCUT2D eigenvalue weighted by Gasteiger charge is -2.57. The zero-order valence-electron chi connectivity index (χ0n) is 17.6. The molecule has 0 bridgehead atoms. The van der Waals surface area contributed by atoms with E-state index in [1.54, 1.807) is 4.90 Å². The number of carbonyl (C=O) groups excluding carboxylic acids is 1. The molecule has 3 aliphatic carbocycles. The minimum Gasteiger partial charge on any atom is -0.377 e. The van der Waals surface area contributed by atoms with Gasteiger partial charge in [-0.3, -0.25) is 9.79 Å². The molecule has 0 aromatic heterocycles. The lowest BCUT2D eigenvalue weighted by atomic mass is 9.54. The Balaban J connectivity index is 0.00000225. The Hall–Kier alpha value is -0.570. The second-order valence-corrected chi connectivity index (χ2v) is 9.42. The summed E-state index contributed by atoms with van der Waals surface area (Å²) in [5.74, 6) is 1.73. The second kappa shape index (κ2) is 8.66. The van der Waals surface area contributed by atoms with Crippen molar-refractivity contribution in [3.05, 3.63) is 0 Å². The van der Waals surface area contributed by atoms with Crippen molar-refractivity contribution in [2.24, 2.45) is 21.7 Å². The first-order valence-corrected chi connectivity index (χ1v) is 10.8. The van der Waals surface area contributed by atoms with Gasteiger partial charge in [0.2, 0.25) is 5.91 Å². The first-order chi connectivity index (χ1) is 13.0. The molecule has 0 radical (unpaired) electrons. The van der Waals surface area contributed by atoms with Crippen molar-refractivity contribution in [3.8, 4) is 0 Å². The van der Waals surface area contributed by atoms with E-state index < -0.39 is 0 Å². The molecule has 0 aromatic rings. The van der Waals surface area contributed by atoms with Gasteiger partial charge >= 0.3 is 0 Å². The maximum atomic E-state index is 12.8. The molecular formula is C21H37IN4O2. The Morgan fingerprint density at radius 2 is 1.79 bits per heavy atom. The predicted octanol–water partition coefficient (Wildman–Crippen LogP) is 2.77. The highest BCUT2D eigenvalue weighted by molar-refractivity contribution is 14.0. The van der Waals surface area contributed by atoms with Crippen LogP contribution in [0.1, 0.15) is 57.8 Å². The third-order valence-corrected chi connectivity index (χ3v) is 7.82. The van der Waals surface area contributed by atoms with Crippen LogP contribution in [0.25, 0.3) is 0 Å². The van der Waals surface area contributed by atoms with Gasteiger partial charge in [0.25, 0.3) is 0 Å². The molecule has 4 rings (SSSR count). The highest BCUT2D eigenvalue weighted by Crippen LogP contribution is 2.60. The molecule has 6 nitrogen and oxygen atoms in total. The van der Waals surface area contributed by atoms with E-state index in [0.717, 1.165) is 44.7 Å². The first kappa shape index (κ1) is 22.1. The van der Waals surface area contributed by atoms with Crippen molar-refractivity contribution in [1.82, 2.24) is 15.5 Å². The average Bonchev–Trinajstić information content (AvgIpc) is 3.40. The number of fused-ring (bicyclic) bond motifs is 2. The zero-order valence-corrected chi connectivity index (χ0v) is 20.0. The number of carbonyl (C=O) groups is 1. The monoisotopic (exact) mass is 504 g/mol. The molecule has 4 aliphatic rings. The van der Waals surface area contributed by atoms with E-state index in [-0.39, 0.29) is 35.3 Å². The summed E-state index contributed by atoms with van der Waals surface area (Å²) in [6.07, 6.45) is 11.0. The molecule has 7 heteroatoms. The molecule has 1 saturated heterocycles. The Morgan fingerprint density at radius 1 is 1.14 bits per heavy atom. The molecule has 160 valence electrons. The van der Waals surface area contributed by atoms with E-state index in [2.05, 4.69) is 15.6 Å². The summed E-state index contributed by atoms with van der Waals surface area (Å²) < 4.78 is 6.10. The number of nitrogens with zero attached hydrogens (tertiary/aromatic N) is 2. The lowest BCUT2D eigenvalue weighted by Crippen LogP contribution is -2.69. The van der Waals surface area contributed by atoms with Crippen molar-refractivity contribution >= 4 is 35.8 Å². The maximum absolute atomic E-state index is 12.8. The van der Waals surface area contributed by atoms with Crippen LogP contribution in [0.5, 0.6) is 0 Å². The fraction of sp³-hybridized carbons (Fsp3) is 0.905. The molecule has 3 atom stereocenters. The van der Waals surface area contributed by atoms with Crippen LogP contribution >= 0.6 is 24.0 Å². The summed E-state index contributed by atoms with van der Waals surface area (Å²) in [4.78, 5) is 19.1. The number of aliphatic imine (C=N–C) groups is 1. The summed E-state index contributed by atoms with van der Waals surface area (Å²) in [6.45, 7) is 1.58. The van der Waals surface area contributed by atoms with Crippen LogP contribution in [0.15, 0.2) is 4.99 Å². The van der Waals surface area contributed by atoms with Gasteiger partial charge < -0.3 is 20.3 Å². The molecular weight excluding hydrogens is 467 g/mol. The van der Waals surface area contributed by atoms with E-state index in [1.807, 2.05) is 21.1 Å². The molecule has 1 heterocycles. The first-order valence-electron chi connectivity index (χ1n) is 10.8. The Bertz CT molecular complexity index is 597. The molecule has 1 aliphatic heterocycles. The van der Waals surface area contributed by atoms with Crippen LogP contribution < -0.4 is 10.6 Å². The summed E-state index contributed by atoms with van der Waals surface area (Å²) >= 11 is 0. The van der Waals surface area contributed by atoms with Crippen LogP contribution in [0.3, 0.4) is 0 Å². The Labute approximate surface area is 186 Å². The molecule has 3 unspecified atom stereocenters. The molecule has 4 fully saturated rings. The molecule has 2 N–H and O–H groups in total. The number of amides is 1. The number of halogens is 1. The second-order valence-electron chi connectivity index (χ2n) is 9.42. The van der Waals surface area contributed by atoms with E-state index >= 15 is 0 Å². The van der Waals surface area contributed by atoms with Crippen molar-refractivity contribution < 1.29 is 9.53 Å². The number of rotatable bonds is 4. The molecule has 0 aromatic carbocycles. The van der Waals surface area contributed by atoms with Crippen molar-refractivity contribution in [2.45, 2.75) is 69.9 Å². The molecule has 1 amide bonds. The Morgan fingerprint density at radius 3 is 2.39 bits per heavy atom. The smallest absolute Gasteiger partial charge is 0.230 e. The molecule has 1 spiro atoms. The SMILES string of the molecule is CN=C(NCC1(C(=O)N(C)C)CCCC1)NC1C2CCOC2C12CCCC2.I. The molecule has 3 saturated carbocycles. The minimum absolute atomic E-state index is 0. The van der Waals surface area contributed by atoms with Crippen LogP contribution in [-0.2, 0) is 9.53 Å². The van der Waals surface area contributed by atoms with E-state index in [1.165, 1.54) is 25.7 Å². The number of ether oxygens (including phenoxy) is 1. The zero-order chi connectivity index (χ0) is 19.1. The normalized spacial score (nSPS) is 32.4. The van der Waals surface area contributed by atoms with Crippen molar-refractivity contribution in [2.75, 3.05) is 34.3 Å². The van der Waals surface area contributed by atoms with Gasteiger partial charge in [0.15, 0.2) is 5.96 Å². The van der Waals surface area contributed by atoms with Gasteiger partial charge in [-0.25, -0.2) is 0 Å². The number of guanidine groups is 1. The lowest BCUT2D eigenvalue weighted by molar-refractivity contribution is -0.138. The topological polar surface area (TPSA) is 66.0 Å². The fourth-order valence-corrected chi connectivity index (χ4v) is 6.49. The molecule has 28 heavy (non-hydrogen) atoms. The van der Waals surface area contributed by atoms with E-state index in [4.69, 9.17) is 4.74 Å². The standard InChI is InChI=1S/C21H36N4O2.HI/c1-22-19(23-14-20(9-4-5-10-20)18(26)25(2)3)24-16-15-8-13-27-17(15)21(16)11-6-7-12-21;/h15-17H,4-14H2,1-3H3,(H2,22,23,24);1H. The van der Waals surface area contributed by atoms with Crippen LogP contribution in [0, 0.1) is 16.7 Å². The summed E-state index contributed by atoms with van der Waals surface area (Å²) in [5.41, 5.74) is 0.0358. The van der Waals surface area contributed by atoms with Crippen LogP contribution in [0.2, 0.25) is 0 Å². The van der Waals surface area contributed by atoms with E-state index in [9.17, 15) is 4.79 Å². The van der Waals surface area contributed by atoms with Gasteiger partial charge in [-0.05, 0) is 32.1 Å². The number of nitrogens with one attached hydrogen (secondary N) is 2. The number of hydrogen-bond acceptors (Lipinski definition) is 3. The van der Waals surface area contributed by atoms with Gasteiger partial charge in [0.05, 0.1) is 11.5 Å². The summed E-state index contributed by atoms with van der Waals surface area (Å²) in [5, 5.41) is 7.27. The highest BCUT2D eigenvalue weighted by Gasteiger charge is 2.65. The largest absolute Gasteiger partial charge is 0.377 e. The minimum atomic E-state index is -0.273. The Kier molecular flexibility index (Phi) is 6.84. The summed E-state index contributed by atoms with van der Waals surface area (Å²) in [7, 11) is 5.58. The summed E-state index contributed by atoms with van der Waals surface area (Å²) in [6, 6.07) is 0.461. The van der Waals surface area contributed by atoms with Gasteiger partial charge in [0, 0.05) is 51.7 Å². The van der Waals surface area contributed by atoms with E-state index in [0.29, 0.717) is 30.0 Å². The van der Waals surface area contributed by atoms with Gasteiger partial charge in [-0.1, -0.05) is 25.7 Å². The fourth-order valence-electron chi connectivity index (χ4n) is 6.49. The van der Waals surface area contributed by atoms with Crippen LogP contribution in [-0.4, -0.2) is 63.2 Å². The van der Waals surface area contributed by atoms with Gasteiger partial charge in [0.1, 0.15) is 0 Å². The quantitative estimate of drug-likeness (QED) is 0.351. The number of hydrogen-bond donors (Lipinski definition) is 2. The predicted molar refractivity (Wildman–Crippen MR) is 122 cm³/mol. The van der Waals surface area contributed by atoms with Crippen molar-refractivity contribution in [3.63, 3.8) is 0 Å². The third kappa shape index (κ3) is 3.55. The highest BCUT2D eigenvalue weighted by atomic mass is 127. The van der Waals surface area contributed by atoms with Crippen molar-refractivity contribution in [1.29, 1.82) is 0 Å². The average molecular weight is 504 g/mol. The van der Waals surface area contributed by atoms with Crippen LogP contribution in [0.4, 0.5) is 0 Å². The van der Waals surface area contributed by atoms with Gasteiger partial charge in [-0.15, -0.1) is 24.0 Å². The maximum Gasteiger partial charge on any atom is 0.230 e. The van der Waals surface area contributed by atoms with Gasteiger partial charge in [-0.2, -0.15) is 0 Å². The third-order valence-electron chi connectivity index (χ3n) is 7.82.